The molecule has 1 unspecified atom stereocenters. The molecular weight excluding hydrogens is 200 g/mol. The Labute approximate surface area is 101 Å². The van der Waals surface area contributed by atoms with Gasteiger partial charge in [-0.1, -0.05) is 20.8 Å². The third kappa shape index (κ3) is 4.40. The van der Waals surface area contributed by atoms with Gasteiger partial charge >= 0.3 is 0 Å². The van der Waals surface area contributed by atoms with Gasteiger partial charge in [0.15, 0.2) is 0 Å². The van der Waals surface area contributed by atoms with Gasteiger partial charge in [0.25, 0.3) is 0 Å². The van der Waals surface area contributed by atoms with E-state index >= 15 is 0 Å². The molecule has 0 radical (unpaired) electrons. The zero-order valence-electron chi connectivity index (χ0n) is 11.5. The molecule has 16 heavy (non-hydrogen) atoms. The fourth-order valence-electron chi connectivity index (χ4n) is 2.48. The molecule has 3 nitrogen and oxygen atoms in total. The van der Waals surface area contributed by atoms with E-state index < -0.39 is 0 Å². The molecule has 0 aromatic heterocycles. The highest BCUT2D eigenvalue weighted by Gasteiger charge is 2.24. The van der Waals surface area contributed by atoms with Crippen molar-refractivity contribution in [3.8, 4) is 0 Å². The standard InChI is InChI=1S/C13H28N2O/c1-6-14-13(10(2)3)9-15-7-11(4)16-12(5)8-15/h10-14H,6-9H2,1-5H3/t11-,12+,13?. The van der Waals surface area contributed by atoms with Crippen molar-refractivity contribution in [2.75, 3.05) is 26.2 Å². The van der Waals surface area contributed by atoms with E-state index in [1.165, 1.54) is 0 Å². The summed E-state index contributed by atoms with van der Waals surface area (Å²) in [5.74, 6) is 0.688. The first kappa shape index (κ1) is 13.9. The van der Waals surface area contributed by atoms with Crippen molar-refractivity contribution in [3.05, 3.63) is 0 Å². The van der Waals surface area contributed by atoms with E-state index in [4.69, 9.17) is 4.74 Å². The van der Waals surface area contributed by atoms with E-state index in [1.54, 1.807) is 0 Å². The Morgan fingerprint density at radius 2 is 1.81 bits per heavy atom. The van der Waals surface area contributed by atoms with E-state index in [2.05, 4.69) is 44.8 Å². The molecule has 1 N–H and O–H groups in total. The average Bonchev–Trinajstić information content (AvgIpc) is 2.15. The minimum Gasteiger partial charge on any atom is -0.373 e. The first-order chi connectivity index (χ1) is 7.52. The number of nitrogens with zero attached hydrogens (tertiary/aromatic N) is 1. The number of ether oxygens (including phenoxy) is 1. The van der Waals surface area contributed by atoms with Crippen LogP contribution in [-0.4, -0.2) is 49.3 Å². The lowest BCUT2D eigenvalue weighted by Gasteiger charge is -2.38. The number of hydrogen-bond acceptors (Lipinski definition) is 3. The first-order valence-corrected chi connectivity index (χ1v) is 6.64. The number of rotatable bonds is 5. The van der Waals surface area contributed by atoms with Crippen molar-refractivity contribution in [2.45, 2.75) is 52.9 Å². The maximum absolute atomic E-state index is 5.76. The van der Waals surface area contributed by atoms with Crippen molar-refractivity contribution in [1.82, 2.24) is 10.2 Å². The van der Waals surface area contributed by atoms with Crippen molar-refractivity contribution in [3.63, 3.8) is 0 Å². The lowest BCUT2D eigenvalue weighted by molar-refractivity contribution is -0.0708. The molecule has 0 bridgehead atoms. The summed E-state index contributed by atoms with van der Waals surface area (Å²) in [6.07, 6.45) is 0.747. The molecule has 1 saturated heterocycles. The Kier molecular flexibility index (Phi) is 5.73. The first-order valence-electron chi connectivity index (χ1n) is 6.64. The normalized spacial score (nSPS) is 29.6. The highest BCUT2D eigenvalue weighted by Crippen LogP contribution is 2.13. The summed E-state index contributed by atoms with van der Waals surface area (Å²) >= 11 is 0. The molecule has 0 aliphatic carbocycles. The molecule has 1 aliphatic heterocycles. The van der Waals surface area contributed by atoms with Crippen LogP contribution in [0.1, 0.15) is 34.6 Å². The predicted molar refractivity (Wildman–Crippen MR) is 68.8 cm³/mol. The smallest absolute Gasteiger partial charge is 0.0678 e. The molecule has 1 fully saturated rings. The molecule has 1 rings (SSSR count). The maximum atomic E-state index is 5.76. The van der Waals surface area contributed by atoms with Gasteiger partial charge in [-0.25, -0.2) is 0 Å². The van der Waals surface area contributed by atoms with Crippen LogP contribution in [-0.2, 0) is 4.74 Å². The van der Waals surface area contributed by atoms with Crippen LogP contribution in [0.5, 0.6) is 0 Å². The van der Waals surface area contributed by atoms with Gasteiger partial charge in [-0.15, -0.1) is 0 Å². The summed E-state index contributed by atoms with van der Waals surface area (Å²) in [6, 6.07) is 0.600. The second-order valence-electron chi connectivity index (χ2n) is 5.38. The highest BCUT2D eigenvalue weighted by molar-refractivity contribution is 4.79. The molecular formula is C13H28N2O. The molecule has 0 spiro atoms. The monoisotopic (exact) mass is 228 g/mol. The van der Waals surface area contributed by atoms with Crippen LogP contribution in [0, 0.1) is 5.92 Å². The van der Waals surface area contributed by atoms with Gasteiger partial charge in [-0.3, -0.25) is 4.90 Å². The second-order valence-corrected chi connectivity index (χ2v) is 5.38. The quantitative estimate of drug-likeness (QED) is 0.775. The van der Waals surface area contributed by atoms with E-state index in [0.717, 1.165) is 26.2 Å². The number of morpholine rings is 1. The summed E-state index contributed by atoms with van der Waals surface area (Å²) in [5.41, 5.74) is 0. The van der Waals surface area contributed by atoms with E-state index in [0.29, 0.717) is 24.2 Å². The third-order valence-corrected chi connectivity index (χ3v) is 3.22. The van der Waals surface area contributed by atoms with Gasteiger partial charge < -0.3 is 10.1 Å². The minimum absolute atomic E-state index is 0.373. The Bertz CT molecular complexity index is 186. The van der Waals surface area contributed by atoms with Crippen molar-refractivity contribution in [1.29, 1.82) is 0 Å². The van der Waals surface area contributed by atoms with E-state index in [-0.39, 0.29) is 0 Å². The summed E-state index contributed by atoms with van der Waals surface area (Å²) in [4.78, 5) is 2.53. The summed E-state index contributed by atoms with van der Waals surface area (Å²) in [5, 5.41) is 3.58. The zero-order valence-corrected chi connectivity index (χ0v) is 11.5. The largest absolute Gasteiger partial charge is 0.373 e. The number of hydrogen-bond donors (Lipinski definition) is 1. The van der Waals surface area contributed by atoms with Crippen LogP contribution < -0.4 is 5.32 Å². The van der Waals surface area contributed by atoms with Crippen LogP contribution in [0.25, 0.3) is 0 Å². The van der Waals surface area contributed by atoms with Crippen LogP contribution in [0.4, 0.5) is 0 Å². The highest BCUT2D eigenvalue weighted by atomic mass is 16.5. The van der Waals surface area contributed by atoms with E-state index in [1.807, 2.05) is 0 Å². The molecule has 0 aromatic carbocycles. The molecule has 3 atom stereocenters. The zero-order chi connectivity index (χ0) is 12.1. The lowest BCUT2D eigenvalue weighted by atomic mass is 10.0. The van der Waals surface area contributed by atoms with Gasteiger partial charge in [0.2, 0.25) is 0 Å². The van der Waals surface area contributed by atoms with Gasteiger partial charge in [0.1, 0.15) is 0 Å². The van der Waals surface area contributed by atoms with Crippen molar-refractivity contribution >= 4 is 0 Å². The van der Waals surface area contributed by atoms with Crippen molar-refractivity contribution in [2.24, 2.45) is 5.92 Å². The Hall–Kier alpha value is -0.120. The van der Waals surface area contributed by atoms with Crippen LogP contribution in [0.3, 0.4) is 0 Å². The Balaban J connectivity index is 2.43. The number of nitrogens with one attached hydrogen (secondary N) is 1. The average molecular weight is 228 g/mol. The maximum Gasteiger partial charge on any atom is 0.0678 e. The van der Waals surface area contributed by atoms with Gasteiger partial charge in [-0.05, 0) is 26.3 Å². The van der Waals surface area contributed by atoms with Crippen LogP contribution in [0.2, 0.25) is 0 Å². The summed E-state index contributed by atoms with van der Waals surface area (Å²) in [6.45, 7) is 15.4. The van der Waals surface area contributed by atoms with Gasteiger partial charge in [0.05, 0.1) is 12.2 Å². The molecule has 1 aliphatic rings. The van der Waals surface area contributed by atoms with E-state index in [9.17, 15) is 0 Å². The number of likely N-dealkylation sites (N-methyl/N-ethyl adjacent to an activating group) is 1. The van der Waals surface area contributed by atoms with Crippen molar-refractivity contribution < 1.29 is 4.74 Å². The fourth-order valence-corrected chi connectivity index (χ4v) is 2.48. The second kappa shape index (κ2) is 6.58. The van der Waals surface area contributed by atoms with Crippen LogP contribution >= 0.6 is 0 Å². The molecule has 1 heterocycles. The van der Waals surface area contributed by atoms with Gasteiger partial charge in [-0.2, -0.15) is 0 Å². The van der Waals surface area contributed by atoms with Crippen LogP contribution in [0.15, 0.2) is 0 Å². The predicted octanol–water partition coefficient (Wildman–Crippen LogP) is 1.73. The molecule has 96 valence electrons. The third-order valence-electron chi connectivity index (χ3n) is 3.22. The molecule has 0 amide bonds. The lowest BCUT2D eigenvalue weighted by Crippen LogP contribution is -2.51. The molecule has 0 aromatic rings. The SMILES string of the molecule is CCNC(CN1C[C@@H](C)O[C@@H](C)C1)C(C)C. The molecule has 3 heteroatoms. The summed E-state index contributed by atoms with van der Waals surface area (Å²) < 4.78 is 5.76. The topological polar surface area (TPSA) is 24.5 Å². The fraction of sp³-hybridized carbons (Fsp3) is 1.00. The summed E-state index contributed by atoms with van der Waals surface area (Å²) in [7, 11) is 0. The Morgan fingerprint density at radius 1 is 1.25 bits per heavy atom. The van der Waals surface area contributed by atoms with Gasteiger partial charge in [0, 0.05) is 25.7 Å². The Morgan fingerprint density at radius 3 is 2.25 bits per heavy atom. The minimum atomic E-state index is 0.373. The molecule has 0 saturated carbocycles.